The smallest absolute Gasteiger partial charge is 0.410 e. The summed E-state index contributed by atoms with van der Waals surface area (Å²) in [6.07, 6.45) is 3.62. The molecule has 2 N–H and O–H groups in total. The Morgan fingerprint density at radius 2 is 1.73 bits per heavy atom. The number of amides is 1. The number of piperazine rings is 2. The van der Waals surface area contributed by atoms with Gasteiger partial charge >= 0.3 is 12.1 Å². The summed E-state index contributed by atoms with van der Waals surface area (Å²) < 4.78 is 52.8. The first-order chi connectivity index (χ1) is 22.7. The molecule has 0 spiro atoms. The van der Waals surface area contributed by atoms with Crippen molar-refractivity contribution in [3.63, 3.8) is 0 Å². The van der Waals surface area contributed by atoms with Gasteiger partial charge in [-0.1, -0.05) is 26.0 Å². The molecule has 0 aromatic heterocycles. The largest absolute Gasteiger partial charge is 0.457 e. The van der Waals surface area contributed by atoms with Crippen molar-refractivity contribution >= 4 is 33.8 Å². The minimum atomic E-state index is -3.55. The Morgan fingerprint density at radius 1 is 1.04 bits per heavy atom. The second-order valence-corrected chi connectivity index (χ2v) is 15.4. The molecule has 1 aromatic rings. The second-order valence-electron chi connectivity index (χ2n) is 13.3. The Balaban J connectivity index is 1.53. The Kier molecular flexibility index (Phi) is 13.4. The number of carbonyl (C=O) groups is 2. The van der Waals surface area contributed by atoms with E-state index in [2.05, 4.69) is 4.90 Å². The third-order valence-corrected chi connectivity index (χ3v) is 11.2. The van der Waals surface area contributed by atoms with Gasteiger partial charge in [-0.05, 0) is 68.1 Å². The molecule has 12 nitrogen and oxygen atoms in total. The van der Waals surface area contributed by atoms with E-state index in [1.807, 2.05) is 37.9 Å². The highest BCUT2D eigenvalue weighted by Gasteiger charge is 2.30. The molecule has 3 aliphatic rings. The van der Waals surface area contributed by atoms with Crippen LogP contribution in [0.2, 0.25) is 0 Å². The van der Waals surface area contributed by atoms with Gasteiger partial charge in [-0.25, -0.2) is 17.6 Å². The molecule has 0 unspecified atom stereocenters. The number of aliphatic hydroxyl groups excluding tert-OH is 2. The van der Waals surface area contributed by atoms with E-state index in [1.54, 1.807) is 24.0 Å². The highest BCUT2D eigenvalue weighted by atomic mass is 32.2. The number of cyclic esters (lactones) is 1. The van der Waals surface area contributed by atoms with E-state index < -0.39 is 46.7 Å². The van der Waals surface area contributed by atoms with Gasteiger partial charge in [0.1, 0.15) is 18.0 Å². The highest BCUT2D eigenvalue weighted by molar-refractivity contribution is 7.89. The zero-order valence-electron chi connectivity index (χ0n) is 28.5. The quantitative estimate of drug-likeness (QED) is 0.324. The van der Waals surface area contributed by atoms with Crippen LogP contribution in [0.4, 0.5) is 14.9 Å². The summed E-state index contributed by atoms with van der Waals surface area (Å²) in [6, 6.07) is 4.59. The molecule has 48 heavy (non-hydrogen) atoms. The maximum Gasteiger partial charge on any atom is 0.410 e. The van der Waals surface area contributed by atoms with Gasteiger partial charge in [0, 0.05) is 64.0 Å². The first-order valence-corrected chi connectivity index (χ1v) is 18.4. The van der Waals surface area contributed by atoms with E-state index in [-0.39, 0.29) is 43.2 Å². The summed E-state index contributed by atoms with van der Waals surface area (Å²) in [5, 5.41) is 19.7. The van der Waals surface area contributed by atoms with Crippen LogP contribution in [0, 0.1) is 17.7 Å². The fourth-order valence-electron chi connectivity index (χ4n) is 6.31. The molecule has 0 radical (unpaired) electrons. The van der Waals surface area contributed by atoms with E-state index in [1.165, 1.54) is 16.4 Å². The SMILES string of the molecule is C/C(=C\c1cc(F)cc(N2CCN(S(=O)(=O)CCO)CC2)c1)[C@H]1OC(=O)C[C@H](O)CC[C@H](C)[C@@H](OC(=O)N2CCN(C)CC2)/C=C/[C@@H]1C. The normalized spacial score (nSPS) is 28.3. The molecule has 1 amide bonds. The predicted molar refractivity (Wildman–Crippen MR) is 181 cm³/mol. The van der Waals surface area contributed by atoms with Crippen LogP contribution in [-0.4, -0.2) is 135 Å². The van der Waals surface area contributed by atoms with Crippen LogP contribution < -0.4 is 4.90 Å². The zero-order valence-corrected chi connectivity index (χ0v) is 29.3. The lowest BCUT2D eigenvalue weighted by Gasteiger charge is -2.35. The van der Waals surface area contributed by atoms with Gasteiger partial charge in [-0.3, -0.25) is 4.79 Å². The van der Waals surface area contributed by atoms with Crippen molar-refractivity contribution in [1.29, 1.82) is 0 Å². The number of hydrogen-bond acceptors (Lipinski definition) is 10. The van der Waals surface area contributed by atoms with Gasteiger partial charge < -0.3 is 34.4 Å². The van der Waals surface area contributed by atoms with Crippen molar-refractivity contribution in [1.82, 2.24) is 14.1 Å². The van der Waals surface area contributed by atoms with Gasteiger partial charge in [-0.15, -0.1) is 0 Å². The number of ether oxygens (including phenoxy) is 2. The maximum absolute atomic E-state index is 14.9. The summed E-state index contributed by atoms with van der Waals surface area (Å²) in [4.78, 5) is 31.8. The monoisotopic (exact) mass is 694 g/mol. The average molecular weight is 695 g/mol. The lowest BCUT2D eigenvalue weighted by atomic mass is 9.91. The van der Waals surface area contributed by atoms with E-state index >= 15 is 0 Å². The Labute approximate surface area is 283 Å². The zero-order chi connectivity index (χ0) is 35.0. The fraction of sp³-hybridized carbons (Fsp3) is 0.647. The number of carbonyl (C=O) groups excluding carboxylic acids is 2. The summed E-state index contributed by atoms with van der Waals surface area (Å²) in [7, 11) is -1.54. The number of halogens is 1. The van der Waals surface area contributed by atoms with Gasteiger partial charge in [0.2, 0.25) is 10.0 Å². The van der Waals surface area contributed by atoms with Gasteiger partial charge in [0.05, 0.1) is 24.9 Å². The molecular formula is C34H51FN4O8S. The van der Waals surface area contributed by atoms with E-state index in [4.69, 9.17) is 14.6 Å². The molecule has 14 heteroatoms. The number of likely N-dealkylation sites (N-methyl/N-ethyl adjacent to an activating group) is 1. The van der Waals surface area contributed by atoms with Crippen LogP contribution in [-0.2, 0) is 24.3 Å². The Bertz CT molecular complexity index is 1420. The molecule has 1 aromatic carbocycles. The topological polar surface area (TPSA) is 140 Å². The number of rotatable bonds is 7. The van der Waals surface area contributed by atoms with Gasteiger partial charge in [0.25, 0.3) is 0 Å². The molecule has 268 valence electrons. The van der Waals surface area contributed by atoms with E-state index in [0.29, 0.717) is 55.8 Å². The molecule has 0 bridgehead atoms. The Morgan fingerprint density at radius 3 is 2.40 bits per heavy atom. The van der Waals surface area contributed by atoms with Gasteiger partial charge in [-0.2, -0.15) is 4.31 Å². The Hall–Kier alpha value is -3.04. The van der Waals surface area contributed by atoms with Crippen LogP contribution in [0.3, 0.4) is 0 Å². The van der Waals surface area contributed by atoms with E-state index in [9.17, 15) is 27.5 Å². The first kappa shape index (κ1) is 37.8. The summed E-state index contributed by atoms with van der Waals surface area (Å²) >= 11 is 0. The van der Waals surface area contributed by atoms with Crippen molar-refractivity contribution in [2.75, 3.05) is 76.7 Å². The molecule has 0 aliphatic carbocycles. The number of esters is 1. The summed E-state index contributed by atoms with van der Waals surface area (Å²) in [6.45, 7) is 9.08. The molecule has 3 heterocycles. The van der Waals surface area contributed by atoms with Crippen LogP contribution in [0.1, 0.15) is 45.6 Å². The molecule has 2 saturated heterocycles. The lowest BCUT2D eigenvalue weighted by Crippen LogP contribution is -2.49. The van der Waals surface area contributed by atoms with Crippen molar-refractivity contribution in [3.05, 3.63) is 47.3 Å². The number of anilines is 1. The minimum absolute atomic E-state index is 0.104. The van der Waals surface area contributed by atoms with Crippen molar-refractivity contribution in [2.24, 2.45) is 11.8 Å². The molecule has 2 fully saturated rings. The van der Waals surface area contributed by atoms with Gasteiger partial charge in [0.15, 0.2) is 0 Å². The van der Waals surface area contributed by atoms with Crippen LogP contribution in [0.25, 0.3) is 6.08 Å². The van der Waals surface area contributed by atoms with Crippen LogP contribution in [0.5, 0.6) is 0 Å². The lowest BCUT2D eigenvalue weighted by molar-refractivity contribution is -0.151. The molecule has 4 rings (SSSR count). The average Bonchev–Trinajstić information content (AvgIpc) is 3.03. The number of benzene rings is 1. The summed E-state index contributed by atoms with van der Waals surface area (Å²) in [5.74, 6) is -1.79. The highest BCUT2D eigenvalue weighted by Crippen LogP contribution is 2.28. The van der Waals surface area contributed by atoms with Crippen molar-refractivity contribution < 1.29 is 42.1 Å². The molecular weight excluding hydrogens is 643 g/mol. The summed E-state index contributed by atoms with van der Waals surface area (Å²) in [5.41, 5.74) is 1.80. The van der Waals surface area contributed by atoms with Crippen molar-refractivity contribution in [2.45, 2.75) is 58.3 Å². The molecule has 0 saturated carbocycles. The number of sulfonamides is 1. The predicted octanol–water partition coefficient (Wildman–Crippen LogP) is 2.71. The minimum Gasteiger partial charge on any atom is -0.457 e. The third-order valence-electron chi connectivity index (χ3n) is 9.35. The van der Waals surface area contributed by atoms with Crippen molar-refractivity contribution in [3.8, 4) is 0 Å². The first-order valence-electron chi connectivity index (χ1n) is 16.8. The fourth-order valence-corrected chi connectivity index (χ4v) is 7.51. The maximum atomic E-state index is 14.9. The second kappa shape index (κ2) is 17.1. The molecule has 5 atom stereocenters. The number of hydrogen-bond donors (Lipinski definition) is 2. The third kappa shape index (κ3) is 10.5. The number of aliphatic hydroxyl groups is 2. The number of nitrogens with zero attached hydrogens (tertiary/aromatic N) is 4. The van der Waals surface area contributed by atoms with Crippen LogP contribution in [0.15, 0.2) is 35.9 Å². The van der Waals surface area contributed by atoms with Crippen LogP contribution >= 0.6 is 0 Å². The molecule has 3 aliphatic heterocycles. The standard InChI is InChI=1S/C34H51FN4O8S/c1-24-5-7-30(41)23-32(42)47-33(25(2)6-8-31(24)46-34(43)38-11-9-36(4)10-12-38)26(3)19-27-20-28(35)22-29(21-27)37-13-15-39(16-14-37)48(44,45)18-17-40/h6,8,19-22,24-25,30-31,33,40-41H,5,7,9-18,23H2,1-4H3/b8-6+,26-19+/t24-,25-,30+,31-,33-/m0/s1. The van der Waals surface area contributed by atoms with E-state index in [0.717, 1.165) is 13.1 Å².